The van der Waals surface area contributed by atoms with Crippen molar-refractivity contribution in [2.24, 2.45) is 4.99 Å². The number of benzene rings is 2. The summed E-state index contributed by atoms with van der Waals surface area (Å²) in [4.78, 5) is 24.6. The Balaban J connectivity index is 1.27. The lowest BCUT2D eigenvalue weighted by Crippen LogP contribution is -2.30. The Bertz CT molecular complexity index is 1220. The van der Waals surface area contributed by atoms with Gasteiger partial charge < -0.3 is 10.3 Å². The molecule has 0 aliphatic carbocycles. The molecule has 1 aliphatic heterocycles. The lowest BCUT2D eigenvalue weighted by atomic mass is 10.2. The summed E-state index contributed by atoms with van der Waals surface area (Å²) < 4.78 is 28.1. The van der Waals surface area contributed by atoms with E-state index in [1.54, 1.807) is 23.9 Å². The van der Waals surface area contributed by atoms with E-state index >= 15 is 0 Å². The van der Waals surface area contributed by atoms with Crippen LogP contribution in [0.5, 0.6) is 0 Å². The number of anilines is 1. The van der Waals surface area contributed by atoms with Gasteiger partial charge in [-0.05, 0) is 49.6 Å². The highest BCUT2D eigenvalue weighted by molar-refractivity contribution is 7.99. The molecule has 0 radical (unpaired) electrons. The van der Waals surface area contributed by atoms with E-state index in [9.17, 15) is 13.2 Å². The number of aliphatic imine (C=N–C) groups is 1. The van der Waals surface area contributed by atoms with Crippen LogP contribution in [0.15, 0.2) is 63.6 Å². The number of aromatic nitrogens is 2. The molecule has 3 aromatic rings. The summed E-state index contributed by atoms with van der Waals surface area (Å²) in [6, 6.07) is 14.1. The molecule has 1 aliphatic rings. The van der Waals surface area contributed by atoms with Crippen molar-refractivity contribution >= 4 is 50.2 Å². The summed E-state index contributed by atoms with van der Waals surface area (Å²) in [5.74, 6) is 1.09. The van der Waals surface area contributed by atoms with Gasteiger partial charge in [0, 0.05) is 30.8 Å². The summed E-state index contributed by atoms with van der Waals surface area (Å²) in [7, 11) is -3.74. The number of fused-ring (bicyclic) bond motifs is 1. The Kier molecular flexibility index (Phi) is 7.66. The van der Waals surface area contributed by atoms with Gasteiger partial charge in [0.25, 0.3) is 10.0 Å². The lowest BCUT2D eigenvalue weighted by Gasteiger charge is -2.11. The Labute approximate surface area is 197 Å². The van der Waals surface area contributed by atoms with Gasteiger partial charge in [-0.3, -0.25) is 14.5 Å². The second kappa shape index (κ2) is 10.8. The van der Waals surface area contributed by atoms with E-state index < -0.39 is 10.0 Å². The van der Waals surface area contributed by atoms with E-state index in [1.165, 1.54) is 12.1 Å². The Hall–Kier alpha value is -2.85. The summed E-state index contributed by atoms with van der Waals surface area (Å²) in [6.07, 6.45) is 4.58. The molecule has 0 atom stereocenters. The van der Waals surface area contributed by atoms with Gasteiger partial charge in [-0.25, -0.2) is 13.4 Å². The highest BCUT2D eigenvalue weighted by atomic mass is 32.2. The Morgan fingerprint density at radius 2 is 1.97 bits per heavy atom. The average Bonchev–Trinajstić information content (AvgIpc) is 3.05. The van der Waals surface area contributed by atoms with Crippen LogP contribution in [-0.2, 0) is 14.8 Å². The highest BCUT2D eigenvalue weighted by Crippen LogP contribution is 2.21. The zero-order valence-electron chi connectivity index (χ0n) is 18.2. The molecule has 2 heterocycles. The third kappa shape index (κ3) is 6.58. The van der Waals surface area contributed by atoms with Crippen LogP contribution in [0, 0.1) is 0 Å². The van der Waals surface area contributed by atoms with Crippen molar-refractivity contribution in [2.75, 3.05) is 17.6 Å². The number of hydrogen-bond donors (Lipinski definition) is 3. The van der Waals surface area contributed by atoms with Crippen LogP contribution >= 0.6 is 11.8 Å². The molecule has 33 heavy (non-hydrogen) atoms. The van der Waals surface area contributed by atoms with Crippen molar-refractivity contribution in [2.45, 2.75) is 48.6 Å². The smallest absolute Gasteiger partial charge is 0.262 e. The molecular formula is C23H27N5O3S2. The van der Waals surface area contributed by atoms with Crippen LogP contribution in [-0.4, -0.2) is 42.4 Å². The van der Waals surface area contributed by atoms with Crippen molar-refractivity contribution in [1.29, 1.82) is 0 Å². The maximum absolute atomic E-state index is 12.7. The molecule has 10 heteroatoms. The number of carbonyl (C=O) groups is 1. The molecule has 8 nitrogen and oxygen atoms in total. The van der Waals surface area contributed by atoms with Crippen LogP contribution < -0.4 is 10.0 Å². The SMILES string of the molecule is O=C(CCCSc1nc2ccccc2[nH]1)Nc1cccc(S(=O)(=O)NC2=NCCCCC2)c1. The first kappa shape index (κ1) is 23.3. The van der Waals surface area contributed by atoms with Crippen molar-refractivity contribution in [3.05, 3.63) is 48.5 Å². The third-order valence-electron chi connectivity index (χ3n) is 5.21. The van der Waals surface area contributed by atoms with Gasteiger partial charge in [0.05, 0.1) is 15.9 Å². The molecule has 3 N–H and O–H groups in total. The molecular weight excluding hydrogens is 458 g/mol. The van der Waals surface area contributed by atoms with Crippen molar-refractivity contribution < 1.29 is 13.2 Å². The van der Waals surface area contributed by atoms with Crippen LogP contribution in [0.2, 0.25) is 0 Å². The topological polar surface area (TPSA) is 116 Å². The van der Waals surface area contributed by atoms with Crippen molar-refractivity contribution in [3.8, 4) is 0 Å². The fraction of sp³-hybridized carbons (Fsp3) is 0.348. The molecule has 0 bridgehead atoms. The number of nitrogens with zero attached hydrogens (tertiary/aromatic N) is 2. The summed E-state index contributed by atoms with van der Waals surface area (Å²) in [6.45, 7) is 0.641. The van der Waals surface area contributed by atoms with E-state index in [0.717, 1.165) is 41.2 Å². The zero-order chi connectivity index (χ0) is 23.1. The molecule has 0 saturated heterocycles. The number of thioether (sulfide) groups is 1. The zero-order valence-corrected chi connectivity index (χ0v) is 19.8. The fourth-order valence-electron chi connectivity index (χ4n) is 3.54. The lowest BCUT2D eigenvalue weighted by molar-refractivity contribution is -0.116. The van der Waals surface area contributed by atoms with Gasteiger partial charge in [0.1, 0.15) is 5.84 Å². The number of rotatable bonds is 8. The maximum Gasteiger partial charge on any atom is 0.262 e. The van der Waals surface area contributed by atoms with E-state index in [4.69, 9.17) is 0 Å². The first-order valence-electron chi connectivity index (χ1n) is 11.0. The van der Waals surface area contributed by atoms with E-state index in [0.29, 0.717) is 37.3 Å². The molecule has 1 amide bonds. The first-order valence-corrected chi connectivity index (χ1v) is 13.5. The molecule has 4 rings (SSSR count). The third-order valence-corrected chi connectivity index (χ3v) is 7.55. The molecule has 1 aromatic heterocycles. The van der Waals surface area contributed by atoms with E-state index in [-0.39, 0.29) is 10.8 Å². The number of amidine groups is 1. The minimum Gasteiger partial charge on any atom is -0.333 e. The standard InChI is InChI=1S/C23H27N5O3S2/c29-22(13-7-15-32-23-26-19-10-3-4-11-20(19)27-23)25-17-8-6-9-18(16-17)33(30,31)28-21-12-2-1-5-14-24-21/h3-4,6,8-11,16H,1-2,5,7,12-15H2,(H,24,28)(H,25,29)(H,26,27). The molecule has 0 unspecified atom stereocenters. The van der Waals surface area contributed by atoms with Gasteiger partial charge >= 0.3 is 0 Å². The van der Waals surface area contributed by atoms with Gasteiger partial charge in [-0.1, -0.05) is 36.4 Å². The predicted octanol–water partition coefficient (Wildman–Crippen LogP) is 4.32. The number of H-pyrrole nitrogens is 1. The number of aromatic amines is 1. The summed E-state index contributed by atoms with van der Waals surface area (Å²) >= 11 is 1.57. The largest absolute Gasteiger partial charge is 0.333 e. The molecule has 0 spiro atoms. The number of imidazole rings is 1. The monoisotopic (exact) mass is 485 g/mol. The number of amides is 1. The number of para-hydroxylation sites is 2. The summed E-state index contributed by atoms with van der Waals surface area (Å²) in [5, 5.41) is 3.63. The molecule has 0 fully saturated rings. The van der Waals surface area contributed by atoms with Gasteiger partial charge in [0.15, 0.2) is 5.16 Å². The molecule has 2 aromatic carbocycles. The second-order valence-corrected chi connectivity index (χ2v) is 10.6. The number of carbonyl (C=O) groups excluding carboxylic acids is 1. The van der Waals surface area contributed by atoms with Crippen molar-refractivity contribution in [3.63, 3.8) is 0 Å². The second-order valence-electron chi connectivity index (χ2n) is 7.83. The molecule has 0 saturated carbocycles. The van der Waals surface area contributed by atoms with Gasteiger partial charge in [-0.15, -0.1) is 0 Å². The van der Waals surface area contributed by atoms with Crippen molar-refractivity contribution in [1.82, 2.24) is 14.7 Å². The van der Waals surface area contributed by atoms with E-state index in [2.05, 4.69) is 25.0 Å². The quantitative estimate of drug-likeness (QED) is 0.324. The van der Waals surface area contributed by atoms with Crippen LogP contribution in [0.1, 0.15) is 38.5 Å². The maximum atomic E-state index is 12.7. The number of hydrogen-bond acceptors (Lipinski definition) is 6. The Morgan fingerprint density at radius 1 is 1.09 bits per heavy atom. The van der Waals surface area contributed by atoms with Crippen LogP contribution in [0.25, 0.3) is 11.0 Å². The molecule has 174 valence electrons. The minimum absolute atomic E-state index is 0.104. The first-order chi connectivity index (χ1) is 16.0. The summed E-state index contributed by atoms with van der Waals surface area (Å²) in [5.41, 5.74) is 2.37. The minimum atomic E-state index is -3.74. The van der Waals surface area contributed by atoms with Gasteiger partial charge in [-0.2, -0.15) is 0 Å². The average molecular weight is 486 g/mol. The highest BCUT2D eigenvalue weighted by Gasteiger charge is 2.18. The number of nitrogens with one attached hydrogen (secondary N) is 3. The number of sulfonamides is 1. The predicted molar refractivity (Wildman–Crippen MR) is 132 cm³/mol. The van der Waals surface area contributed by atoms with Crippen LogP contribution in [0.4, 0.5) is 5.69 Å². The normalized spacial score (nSPS) is 14.5. The Morgan fingerprint density at radius 3 is 2.85 bits per heavy atom. The van der Waals surface area contributed by atoms with E-state index in [1.807, 2.05) is 24.3 Å². The fourth-order valence-corrected chi connectivity index (χ4v) is 5.50. The van der Waals surface area contributed by atoms with Gasteiger partial charge in [0.2, 0.25) is 5.91 Å². The van der Waals surface area contributed by atoms with Crippen LogP contribution in [0.3, 0.4) is 0 Å².